The second-order valence-corrected chi connectivity index (χ2v) is 8.05. The summed E-state index contributed by atoms with van der Waals surface area (Å²) in [5.41, 5.74) is 10.1. The highest BCUT2D eigenvalue weighted by molar-refractivity contribution is 7.09. The zero-order chi connectivity index (χ0) is 19.7. The van der Waals surface area contributed by atoms with Gasteiger partial charge >= 0.3 is 0 Å². The zero-order valence-electron chi connectivity index (χ0n) is 15.7. The average molecular weight is 399 g/mol. The molecule has 7 heteroatoms. The summed E-state index contributed by atoms with van der Waals surface area (Å²) in [6, 6.07) is 9.66. The maximum absolute atomic E-state index is 13.0. The molecule has 1 aromatic heterocycles. The van der Waals surface area contributed by atoms with Gasteiger partial charge in [0.1, 0.15) is 23.9 Å². The molecule has 0 radical (unpaired) electrons. The van der Waals surface area contributed by atoms with Crippen molar-refractivity contribution >= 4 is 11.3 Å². The zero-order valence-corrected chi connectivity index (χ0v) is 16.5. The molecular formula is C21H22FN3O2S. The lowest BCUT2D eigenvalue weighted by Crippen LogP contribution is -2.25. The van der Waals surface area contributed by atoms with Crippen molar-refractivity contribution in [2.45, 2.75) is 32.4 Å². The first-order chi connectivity index (χ1) is 13.5. The number of aromatic nitrogens is 1. The summed E-state index contributed by atoms with van der Waals surface area (Å²) in [4.78, 5) is 4.62. The van der Waals surface area contributed by atoms with Gasteiger partial charge in [-0.3, -0.25) is 5.43 Å². The molecule has 0 bridgehead atoms. The van der Waals surface area contributed by atoms with Crippen LogP contribution in [0.5, 0.6) is 11.5 Å². The van der Waals surface area contributed by atoms with E-state index in [0.29, 0.717) is 12.4 Å². The van der Waals surface area contributed by atoms with Crippen LogP contribution in [0.15, 0.2) is 41.8 Å². The molecule has 1 saturated heterocycles. The van der Waals surface area contributed by atoms with Crippen molar-refractivity contribution in [1.29, 1.82) is 0 Å². The fourth-order valence-electron chi connectivity index (χ4n) is 3.58. The summed E-state index contributed by atoms with van der Waals surface area (Å²) in [5.74, 6) is 0.631. The van der Waals surface area contributed by atoms with Crippen LogP contribution in [0.1, 0.15) is 39.4 Å². The van der Waals surface area contributed by atoms with E-state index in [1.54, 1.807) is 29.5 Å². The number of phenolic OH excluding ortho intramolecular Hbond substituents is 1. The molecule has 0 spiro atoms. The maximum atomic E-state index is 13.0. The van der Waals surface area contributed by atoms with Gasteiger partial charge in [-0.25, -0.2) is 14.8 Å². The Balaban J connectivity index is 1.54. The molecule has 2 aromatic carbocycles. The number of nitrogens with one attached hydrogen (secondary N) is 2. The van der Waals surface area contributed by atoms with Crippen LogP contribution in [0, 0.1) is 19.7 Å². The van der Waals surface area contributed by atoms with E-state index in [2.05, 4.69) is 21.2 Å². The number of aromatic hydroxyl groups is 1. The third-order valence-electron chi connectivity index (χ3n) is 4.97. The Morgan fingerprint density at radius 3 is 2.71 bits per heavy atom. The number of rotatable bonds is 5. The van der Waals surface area contributed by atoms with Crippen molar-refractivity contribution in [1.82, 2.24) is 15.8 Å². The fourth-order valence-corrected chi connectivity index (χ4v) is 4.26. The summed E-state index contributed by atoms with van der Waals surface area (Å²) >= 11 is 1.63. The van der Waals surface area contributed by atoms with Crippen LogP contribution in [0.4, 0.5) is 4.39 Å². The van der Waals surface area contributed by atoms with Gasteiger partial charge in [-0.15, -0.1) is 11.3 Å². The molecule has 1 aliphatic rings. The number of thiazole rings is 1. The Hall–Kier alpha value is -2.48. The number of aryl methyl sites for hydroxylation is 2. The van der Waals surface area contributed by atoms with Crippen LogP contribution in [0.25, 0.3) is 0 Å². The number of phenols is 1. The molecule has 28 heavy (non-hydrogen) atoms. The minimum absolute atomic E-state index is 0.0763. The van der Waals surface area contributed by atoms with Crippen molar-refractivity contribution in [3.63, 3.8) is 0 Å². The molecular weight excluding hydrogens is 377 g/mol. The molecule has 3 N–H and O–H groups in total. The van der Waals surface area contributed by atoms with Crippen LogP contribution in [0.2, 0.25) is 0 Å². The van der Waals surface area contributed by atoms with E-state index in [1.165, 1.54) is 12.1 Å². The lowest BCUT2D eigenvalue weighted by atomic mass is 9.89. The maximum Gasteiger partial charge on any atom is 0.124 e. The largest absolute Gasteiger partial charge is 0.507 e. The molecule has 4 rings (SSSR count). The quantitative estimate of drug-likeness (QED) is 0.602. The minimum Gasteiger partial charge on any atom is -0.507 e. The van der Waals surface area contributed by atoms with Gasteiger partial charge in [0, 0.05) is 29.5 Å². The van der Waals surface area contributed by atoms with E-state index in [1.807, 2.05) is 19.9 Å². The molecule has 5 nitrogen and oxygen atoms in total. The average Bonchev–Trinajstić information content (AvgIpc) is 3.30. The molecule has 3 aromatic rings. The van der Waals surface area contributed by atoms with Crippen molar-refractivity contribution < 1.29 is 14.2 Å². The number of hydrogen-bond donors (Lipinski definition) is 3. The predicted octanol–water partition coefficient (Wildman–Crippen LogP) is 4.12. The predicted molar refractivity (Wildman–Crippen MR) is 107 cm³/mol. The number of benzene rings is 2. The highest BCUT2D eigenvalue weighted by Gasteiger charge is 2.34. The van der Waals surface area contributed by atoms with Gasteiger partial charge in [0.25, 0.3) is 0 Å². The van der Waals surface area contributed by atoms with Crippen LogP contribution in [-0.2, 0) is 6.61 Å². The molecule has 0 aliphatic carbocycles. The van der Waals surface area contributed by atoms with Crippen LogP contribution >= 0.6 is 11.3 Å². The second-order valence-electron chi connectivity index (χ2n) is 6.99. The van der Waals surface area contributed by atoms with Gasteiger partial charge in [0.05, 0.1) is 16.7 Å². The van der Waals surface area contributed by atoms with Gasteiger partial charge < -0.3 is 9.84 Å². The van der Waals surface area contributed by atoms with Gasteiger partial charge in [0.15, 0.2) is 0 Å². The normalized spacial score (nSPS) is 19.1. The van der Waals surface area contributed by atoms with Gasteiger partial charge in [-0.2, -0.15) is 0 Å². The molecule has 146 valence electrons. The fraction of sp³-hybridized carbons (Fsp3) is 0.286. The van der Waals surface area contributed by atoms with E-state index in [0.717, 1.165) is 33.9 Å². The smallest absolute Gasteiger partial charge is 0.124 e. The Morgan fingerprint density at radius 2 is 2.04 bits per heavy atom. The van der Waals surface area contributed by atoms with Crippen molar-refractivity contribution in [2.24, 2.45) is 0 Å². The third kappa shape index (κ3) is 3.87. The molecule has 2 heterocycles. The monoisotopic (exact) mass is 399 g/mol. The molecule has 1 fully saturated rings. The summed E-state index contributed by atoms with van der Waals surface area (Å²) in [6.45, 7) is 5.01. The highest BCUT2D eigenvalue weighted by Crippen LogP contribution is 2.41. The van der Waals surface area contributed by atoms with Crippen LogP contribution < -0.4 is 15.6 Å². The lowest BCUT2D eigenvalue weighted by molar-refractivity contribution is 0.303. The van der Waals surface area contributed by atoms with Crippen LogP contribution in [-0.4, -0.2) is 16.6 Å². The number of hydrazine groups is 1. The van der Waals surface area contributed by atoms with Gasteiger partial charge in [-0.1, -0.05) is 12.1 Å². The summed E-state index contributed by atoms with van der Waals surface area (Å²) in [5, 5.41) is 13.8. The lowest BCUT2D eigenvalue weighted by Gasteiger charge is -2.21. The molecule has 2 unspecified atom stereocenters. The SMILES string of the molecule is Cc1nc(C2CNNC2c2c(C)cc(OCc3ccc(F)cc3)cc2O)cs1. The number of halogens is 1. The number of nitrogens with zero attached hydrogens (tertiary/aromatic N) is 1. The minimum atomic E-state index is -0.274. The van der Waals surface area contributed by atoms with Crippen molar-refractivity contribution in [3.05, 3.63) is 75.0 Å². The second kappa shape index (κ2) is 7.87. The summed E-state index contributed by atoms with van der Waals surface area (Å²) < 4.78 is 18.8. The Morgan fingerprint density at radius 1 is 1.25 bits per heavy atom. The molecule has 2 atom stereocenters. The first kappa shape index (κ1) is 18.9. The van der Waals surface area contributed by atoms with E-state index in [4.69, 9.17) is 4.74 Å². The summed E-state index contributed by atoms with van der Waals surface area (Å²) in [7, 11) is 0. The van der Waals surface area contributed by atoms with E-state index in [9.17, 15) is 9.50 Å². The van der Waals surface area contributed by atoms with E-state index < -0.39 is 0 Å². The highest BCUT2D eigenvalue weighted by atomic mass is 32.1. The molecule has 0 amide bonds. The van der Waals surface area contributed by atoms with E-state index in [-0.39, 0.29) is 23.5 Å². The standard InChI is InChI=1S/C21H22FN3O2S/c1-12-7-16(27-10-14-3-5-15(22)6-4-14)8-19(26)20(12)21-17(9-23-25-21)18-11-28-13(2)24-18/h3-8,11,17,21,23,25-26H,9-10H2,1-2H3. The third-order valence-corrected chi connectivity index (χ3v) is 5.76. The Labute approximate surface area is 167 Å². The summed E-state index contributed by atoms with van der Waals surface area (Å²) in [6.07, 6.45) is 0. The molecule has 0 saturated carbocycles. The topological polar surface area (TPSA) is 66.4 Å². The van der Waals surface area contributed by atoms with Crippen molar-refractivity contribution in [3.8, 4) is 11.5 Å². The van der Waals surface area contributed by atoms with Gasteiger partial charge in [0.2, 0.25) is 0 Å². The van der Waals surface area contributed by atoms with E-state index >= 15 is 0 Å². The Bertz CT molecular complexity index is 951. The Kier molecular flexibility index (Phi) is 5.30. The first-order valence-corrected chi connectivity index (χ1v) is 10.0. The van der Waals surface area contributed by atoms with Crippen molar-refractivity contribution in [2.75, 3.05) is 6.54 Å². The number of ether oxygens (including phenoxy) is 1. The van der Waals surface area contributed by atoms with Crippen LogP contribution in [0.3, 0.4) is 0 Å². The first-order valence-electron chi connectivity index (χ1n) is 9.12. The number of hydrogen-bond acceptors (Lipinski definition) is 6. The molecule has 1 aliphatic heterocycles. The van der Waals surface area contributed by atoms with Gasteiger partial charge in [-0.05, 0) is 43.2 Å².